The van der Waals surface area contributed by atoms with E-state index in [0.29, 0.717) is 11.1 Å². The molecule has 0 aromatic heterocycles. The second kappa shape index (κ2) is 10.6. The van der Waals surface area contributed by atoms with E-state index in [2.05, 4.69) is 16.6 Å². The van der Waals surface area contributed by atoms with Crippen molar-refractivity contribution in [1.82, 2.24) is 15.5 Å². The van der Waals surface area contributed by atoms with E-state index in [1.165, 1.54) is 11.9 Å². The number of aliphatic hydroxyl groups is 1. The molecule has 0 heterocycles. The number of likely N-dealkylation sites (N-methyl/N-ethyl adjacent to an activating group) is 1. The van der Waals surface area contributed by atoms with Crippen molar-refractivity contribution in [1.29, 1.82) is 0 Å². The Kier molecular flexibility index (Phi) is 8.87. The van der Waals surface area contributed by atoms with E-state index >= 15 is 0 Å². The predicted molar refractivity (Wildman–Crippen MR) is 113 cm³/mol. The highest BCUT2D eigenvalue weighted by Crippen LogP contribution is 2.22. The van der Waals surface area contributed by atoms with Crippen LogP contribution in [0.4, 0.5) is 4.79 Å². The number of carbonyl (C=O) groups is 3. The Morgan fingerprint density at radius 1 is 1.17 bits per heavy atom. The fourth-order valence-corrected chi connectivity index (χ4v) is 2.68. The van der Waals surface area contributed by atoms with Gasteiger partial charge < -0.3 is 25.4 Å². The Hall–Kier alpha value is -3.05. The molecule has 8 heteroatoms. The number of terminal acetylenes is 1. The van der Waals surface area contributed by atoms with E-state index in [1.54, 1.807) is 58.9 Å². The van der Waals surface area contributed by atoms with E-state index in [9.17, 15) is 19.5 Å². The summed E-state index contributed by atoms with van der Waals surface area (Å²) in [6.45, 7) is 8.00. The van der Waals surface area contributed by atoms with Gasteiger partial charge in [0.25, 0.3) is 0 Å². The van der Waals surface area contributed by atoms with E-state index in [-0.39, 0.29) is 6.04 Å². The first-order chi connectivity index (χ1) is 13.9. The van der Waals surface area contributed by atoms with E-state index in [1.807, 2.05) is 0 Å². The van der Waals surface area contributed by atoms with Crippen molar-refractivity contribution in [2.75, 3.05) is 13.7 Å². The van der Waals surface area contributed by atoms with Crippen molar-refractivity contribution in [2.24, 2.45) is 0 Å². The van der Waals surface area contributed by atoms with Crippen LogP contribution in [0.15, 0.2) is 24.3 Å². The summed E-state index contributed by atoms with van der Waals surface area (Å²) in [7, 11) is 1.43. The van der Waals surface area contributed by atoms with Crippen LogP contribution in [0.3, 0.4) is 0 Å². The smallest absolute Gasteiger partial charge is 0.408 e. The highest BCUT2D eigenvalue weighted by Gasteiger charge is 2.34. The molecule has 1 aromatic rings. The minimum Gasteiger partial charge on any atom is -0.444 e. The first-order valence-electron chi connectivity index (χ1n) is 9.63. The standard InChI is InChI=1S/C22H31N3O5/c1-8-15-9-11-16(12-10-15)18(19(27)23-14(2)3)25(7)20(28)17(13-26)24-21(29)30-22(4,5)6/h1,9-12,14,17-18,26H,13H2,2-7H3,(H,23,27)(H,24,29). The van der Waals surface area contributed by atoms with E-state index < -0.39 is 42.2 Å². The van der Waals surface area contributed by atoms with Crippen LogP contribution >= 0.6 is 0 Å². The molecule has 0 aliphatic carbocycles. The topological polar surface area (TPSA) is 108 Å². The molecule has 0 bridgehead atoms. The largest absolute Gasteiger partial charge is 0.444 e. The number of aliphatic hydroxyl groups excluding tert-OH is 1. The molecular weight excluding hydrogens is 386 g/mol. The van der Waals surface area contributed by atoms with Gasteiger partial charge in [-0.05, 0) is 52.3 Å². The minimum absolute atomic E-state index is 0.151. The van der Waals surface area contributed by atoms with Gasteiger partial charge in [-0.3, -0.25) is 9.59 Å². The third-order valence-electron chi connectivity index (χ3n) is 3.98. The number of nitrogens with one attached hydrogen (secondary N) is 2. The Morgan fingerprint density at radius 2 is 1.73 bits per heavy atom. The summed E-state index contributed by atoms with van der Waals surface area (Å²) in [5, 5.41) is 14.8. The number of amides is 3. The fraction of sp³-hybridized carbons (Fsp3) is 0.500. The monoisotopic (exact) mass is 417 g/mol. The lowest BCUT2D eigenvalue weighted by Crippen LogP contribution is -2.53. The van der Waals surface area contributed by atoms with Gasteiger partial charge in [0, 0.05) is 18.7 Å². The molecule has 0 spiro atoms. The van der Waals surface area contributed by atoms with Gasteiger partial charge >= 0.3 is 6.09 Å². The molecule has 164 valence electrons. The fourth-order valence-electron chi connectivity index (χ4n) is 2.68. The zero-order valence-electron chi connectivity index (χ0n) is 18.4. The third-order valence-corrected chi connectivity index (χ3v) is 3.98. The van der Waals surface area contributed by atoms with Gasteiger partial charge in [0.1, 0.15) is 17.7 Å². The lowest BCUT2D eigenvalue weighted by Gasteiger charge is -2.31. The molecule has 2 atom stereocenters. The lowest BCUT2D eigenvalue weighted by molar-refractivity contribution is -0.141. The Morgan fingerprint density at radius 3 is 2.17 bits per heavy atom. The Labute approximate surface area is 178 Å². The minimum atomic E-state index is -1.27. The van der Waals surface area contributed by atoms with Crippen LogP contribution in [-0.4, -0.2) is 59.3 Å². The number of nitrogens with zero attached hydrogens (tertiary/aromatic N) is 1. The second-order valence-corrected chi connectivity index (χ2v) is 8.16. The van der Waals surface area contributed by atoms with Crippen LogP contribution in [0.1, 0.15) is 51.8 Å². The van der Waals surface area contributed by atoms with Gasteiger partial charge in [0.05, 0.1) is 6.61 Å². The van der Waals surface area contributed by atoms with Gasteiger partial charge in [-0.2, -0.15) is 0 Å². The third kappa shape index (κ3) is 7.41. The number of ether oxygens (including phenoxy) is 1. The van der Waals surface area contributed by atoms with Gasteiger partial charge in [0.15, 0.2) is 0 Å². The molecule has 0 fully saturated rings. The zero-order valence-corrected chi connectivity index (χ0v) is 18.4. The molecule has 1 rings (SSSR count). The molecule has 0 aliphatic rings. The molecule has 30 heavy (non-hydrogen) atoms. The molecule has 0 saturated heterocycles. The molecular formula is C22H31N3O5. The summed E-state index contributed by atoms with van der Waals surface area (Å²) in [6, 6.07) is 4.27. The summed E-state index contributed by atoms with van der Waals surface area (Å²) >= 11 is 0. The molecule has 0 saturated carbocycles. The molecule has 3 amide bonds. The molecule has 1 aromatic carbocycles. The van der Waals surface area contributed by atoms with Gasteiger partial charge in [-0.1, -0.05) is 18.1 Å². The number of rotatable bonds is 7. The quantitative estimate of drug-likeness (QED) is 0.584. The van der Waals surface area contributed by atoms with Gasteiger partial charge in [-0.15, -0.1) is 6.42 Å². The summed E-state index contributed by atoms with van der Waals surface area (Å²) < 4.78 is 5.14. The van der Waals surface area contributed by atoms with Gasteiger partial charge in [-0.25, -0.2) is 4.79 Å². The van der Waals surface area contributed by atoms with Gasteiger partial charge in [0.2, 0.25) is 11.8 Å². The van der Waals surface area contributed by atoms with Crippen LogP contribution in [0.2, 0.25) is 0 Å². The van der Waals surface area contributed by atoms with Crippen molar-refractivity contribution >= 4 is 17.9 Å². The first-order valence-corrected chi connectivity index (χ1v) is 9.63. The van der Waals surface area contributed by atoms with E-state index in [4.69, 9.17) is 11.2 Å². The average Bonchev–Trinajstić information content (AvgIpc) is 2.64. The molecule has 0 radical (unpaired) electrons. The Bertz CT molecular complexity index is 790. The van der Waals surface area contributed by atoms with Crippen molar-refractivity contribution < 1.29 is 24.2 Å². The van der Waals surface area contributed by atoms with Crippen LogP contribution < -0.4 is 10.6 Å². The maximum atomic E-state index is 13.0. The highest BCUT2D eigenvalue weighted by molar-refractivity contribution is 5.92. The maximum Gasteiger partial charge on any atom is 0.408 e. The van der Waals surface area contributed by atoms with Crippen molar-refractivity contribution in [3.05, 3.63) is 35.4 Å². The summed E-state index contributed by atoms with van der Waals surface area (Å²) in [5.41, 5.74) is 0.407. The highest BCUT2D eigenvalue weighted by atomic mass is 16.6. The maximum absolute atomic E-state index is 13.0. The van der Waals surface area contributed by atoms with Crippen molar-refractivity contribution in [2.45, 2.75) is 58.3 Å². The van der Waals surface area contributed by atoms with E-state index in [0.717, 1.165) is 0 Å². The lowest BCUT2D eigenvalue weighted by atomic mass is 10.0. The molecule has 2 unspecified atom stereocenters. The number of carbonyl (C=O) groups excluding carboxylic acids is 3. The van der Waals surface area contributed by atoms with Crippen LogP contribution in [0, 0.1) is 12.3 Å². The SMILES string of the molecule is C#Cc1ccc(C(C(=O)NC(C)C)N(C)C(=O)C(CO)NC(=O)OC(C)(C)C)cc1. The predicted octanol–water partition coefficient (Wildman–Crippen LogP) is 1.58. The van der Waals surface area contributed by atoms with Crippen LogP contribution in [0.25, 0.3) is 0 Å². The molecule has 3 N–H and O–H groups in total. The van der Waals surface area contributed by atoms with Crippen LogP contribution in [-0.2, 0) is 14.3 Å². The summed E-state index contributed by atoms with van der Waals surface area (Å²) in [5.74, 6) is 1.45. The molecule has 8 nitrogen and oxygen atoms in total. The van der Waals surface area contributed by atoms with Crippen molar-refractivity contribution in [3.8, 4) is 12.3 Å². The number of alkyl carbamates (subject to hydrolysis) is 1. The number of hydrogen-bond donors (Lipinski definition) is 3. The number of hydrogen-bond acceptors (Lipinski definition) is 5. The summed E-state index contributed by atoms with van der Waals surface area (Å²) in [6.07, 6.45) is 4.54. The zero-order chi connectivity index (χ0) is 23.1. The van der Waals surface area contributed by atoms with Crippen molar-refractivity contribution in [3.63, 3.8) is 0 Å². The number of benzene rings is 1. The average molecular weight is 418 g/mol. The normalized spacial score (nSPS) is 13.0. The molecule has 0 aliphatic heterocycles. The first kappa shape index (κ1) is 25.0. The van der Waals surface area contributed by atoms with Crippen LogP contribution in [0.5, 0.6) is 0 Å². The summed E-state index contributed by atoms with van der Waals surface area (Å²) in [4.78, 5) is 39.1. The Balaban J connectivity index is 3.14. The second-order valence-electron chi connectivity index (χ2n) is 8.16.